The van der Waals surface area contributed by atoms with Crippen LogP contribution in [0.2, 0.25) is 0 Å². The summed E-state index contributed by atoms with van der Waals surface area (Å²) in [7, 11) is 0. The molecule has 0 radical (unpaired) electrons. The summed E-state index contributed by atoms with van der Waals surface area (Å²) >= 11 is 0. The van der Waals surface area contributed by atoms with Crippen molar-refractivity contribution in [1.29, 1.82) is 5.41 Å². The standard InChI is InChI=1S/C15H24N2/c1-4-13(5-2)12-17(6-3)15(16)14-10-8-7-9-11-14/h7-11,13,16H,4-6,12H2,1-3H3. The molecule has 0 amide bonds. The van der Waals surface area contributed by atoms with Crippen molar-refractivity contribution >= 4 is 5.84 Å². The van der Waals surface area contributed by atoms with E-state index in [2.05, 4.69) is 25.7 Å². The van der Waals surface area contributed by atoms with Gasteiger partial charge >= 0.3 is 0 Å². The monoisotopic (exact) mass is 232 g/mol. The van der Waals surface area contributed by atoms with Gasteiger partial charge in [-0.15, -0.1) is 0 Å². The smallest absolute Gasteiger partial charge is 0.128 e. The zero-order valence-electron chi connectivity index (χ0n) is 11.2. The number of rotatable bonds is 6. The van der Waals surface area contributed by atoms with Crippen LogP contribution in [0.15, 0.2) is 30.3 Å². The van der Waals surface area contributed by atoms with Crippen LogP contribution in [-0.4, -0.2) is 23.8 Å². The third-order valence-corrected chi connectivity index (χ3v) is 3.38. The maximum Gasteiger partial charge on any atom is 0.128 e. The quantitative estimate of drug-likeness (QED) is 0.586. The average Bonchev–Trinajstić information content (AvgIpc) is 2.40. The van der Waals surface area contributed by atoms with E-state index in [-0.39, 0.29) is 0 Å². The topological polar surface area (TPSA) is 27.1 Å². The van der Waals surface area contributed by atoms with Crippen LogP contribution in [0.3, 0.4) is 0 Å². The van der Waals surface area contributed by atoms with Gasteiger partial charge in [0, 0.05) is 18.7 Å². The second-order valence-corrected chi connectivity index (χ2v) is 4.44. The first kappa shape index (κ1) is 13.8. The maximum atomic E-state index is 8.26. The molecule has 1 N–H and O–H groups in total. The van der Waals surface area contributed by atoms with Crippen LogP contribution in [0, 0.1) is 11.3 Å². The SMILES string of the molecule is CCC(CC)CN(CC)C(=N)c1ccccc1. The van der Waals surface area contributed by atoms with E-state index in [0.717, 1.165) is 18.7 Å². The second kappa shape index (κ2) is 7.10. The van der Waals surface area contributed by atoms with Gasteiger partial charge in [0.1, 0.15) is 5.84 Å². The van der Waals surface area contributed by atoms with Crippen molar-refractivity contribution in [2.75, 3.05) is 13.1 Å². The Morgan fingerprint density at radius 1 is 1.12 bits per heavy atom. The van der Waals surface area contributed by atoms with Crippen molar-refractivity contribution in [3.8, 4) is 0 Å². The van der Waals surface area contributed by atoms with Gasteiger partial charge in [-0.05, 0) is 12.8 Å². The summed E-state index contributed by atoms with van der Waals surface area (Å²) in [6.07, 6.45) is 2.38. The van der Waals surface area contributed by atoms with Crippen molar-refractivity contribution in [1.82, 2.24) is 4.90 Å². The van der Waals surface area contributed by atoms with Crippen LogP contribution < -0.4 is 0 Å². The summed E-state index contributed by atoms with van der Waals surface area (Å²) in [6.45, 7) is 8.49. The molecule has 1 rings (SSSR count). The molecule has 94 valence electrons. The van der Waals surface area contributed by atoms with E-state index in [4.69, 9.17) is 5.41 Å². The summed E-state index contributed by atoms with van der Waals surface area (Å²) in [5.74, 6) is 1.35. The molecule has 0 unspecified atom stereocenters. The lowest BCUT2D eigenvalue weighted by Gasteiger charge is -2.27. The first-order chi connectivity index (χ1) is 8.22. The largest absolute Gasteiger partial charge is 0.357 e. The van der Waals surface area contributed by atoms with E-state index in [0.29, 0.717) is 11.8 Å². The van der Waals surface area contributed by atoms with E-state index >= 15 is 0 Å². The maximum absolute atomic E-state index is 8.26. The van der Waals surface area contributed by atoms with Gasteiger partial charge in [0.2, 0.25) is 0 Å². The Balaban J connectivity index is 2.71. The highest BCUT2D eigenvalue weighted by Crippen LogP contribution is 2.12. The van der Waals surface area contributed by atoms with Gasteiger partial charge in [-0.25, -0.2) is 0 Å². The van der Waals surface area contributed by atoms with Crippen molar-refractivity contribution in [3.05, 3.63) is 35.9 Å². The van der Waals surface area contributed by atoms with Gasteiger partial charge < -0.3 is 4.90 Å². The van der Waals surface area contributed by atoms with Crippen LogP contribution in [0.25, 0.3) is 0 Å². The zero-order valence-corrected chi connectivity index (χ0v) is 11.2. The molecule has 0 bridgehead atoms. The molecule has 0 aliphatic heterocycles. The Labute approximate surface area is 105 Å². The molecule has 0 spiro atoms. The summed E-state index contributed by atoms with van der Waals surface area (Å²) in [6, 6.07) is 10.0. The lowest BCUT2D eigenvalue weighted by Crippen LogP contribution is -2.35. The van der Waals surface area contributed by atoms with Gasteiger partial charge in [-0.2, -0.15) is 0 Å². The average molecular weight is 232 g/mol. The Kier molecular flexibility index (Phi) is 5.75. The number of benzene rings is 1. The lowest BCUT2D eigenvalue weighted by molar-refractivity contribution is 0.334. The number of hydrogen-bond donors (Lipinski definition) is 1. The number of nitrogens with zero attached hydrogens (tertiary/aromatic N) is 1. The molecule has 1 aromatic carbocycles. The molecule has 17 heavy (non-hydrogen) atoms. The predicted octanol–water partition coefficient (Wildman–Crippen LogP) is 3.77. The zero-order chi connectivity index (χ0) is 12.7. The molecule has 0 aromatic heterocycles. The second-order valence-electron chi connectivity index (χ2n) is 4.44. The Morgan fingerprint density at radius 2 is 1.71 bits per heavy atom. The molecule has 0 heterocycles. The normalized spacial score (nSPS) is 10.6. The highest BCUT2D eigenvalue weighted by Gasteiger charge is 2.13. The fourth-order valence-corrected chi connectivity index (χ4v) is 2.02. The number of amidine groups is 1. The highest BCUT2D eigenvalue weighted by molar-refractivity contribution is 5.96. The number of nitrogens with one attached hydrogen (secondary N) is 1. The van der Waals surface area contributed by atoms with Crippen LogP contribution in [0.1, 0.15) is 39.2 Å². The van der Waals surface area contributed by atoms with Crippen molar-refractivity contribution in [3.63, 3.8) is 0 Å². The molecular weight excluding hydrogens is 208 g/mol. The fraction of sp³-hybridized carbons (Fsp3) is 0.533. The molecule has 2 heteroatoms. The van der Waals surface area contributed by atoms with Gasteiger partial charge in [0.05, 0.1) is 0 Å². The first-order valence-electron chi connectivity index (χ1n) is 6.61. The minimum Gasteiger partial charge on any atom is -0.357 e. The van der Waals surface area contributed by atoms with Crippen LogP contribution >= 0.6 is 0 Å². The Bertz CT molecular complexity index is 328. The van der Waals surface area contributed by atoms with Crippen LogP contribution in [-0.2, 0) is 0 Å². The van der Waals surface area contributed by atoms with E-state index in [1.165, 1.54) is 12.8 Å². The van der Waals surface area contributed by atoms with E-state index < -0.39 is 0 Å². The molecule has 0 saturated carbocycles. The van der Waals surface area contributed by atoms with E-state index in [1.54, 1.807) is 0 Å². The van der Waals surface area contributed by atoms with Crippen molar-refractivity contribution in [2.24, 2.45) is 5.92 Å². The third kappa shape index (κ3) is 3.88. The van der Waals surface area contributed by atoms with Gasteiger partial charge in [-0.3, -0.25) is 5.41 Å². The minimum absolute atomic E-state index is 0.653. The van der Waals surface area contributed by atoms with Gasteiger partial charge in [-0.1, -0.05) is 57.0 Å². The number of hydrogen-bond acceptors (Lipinski definition) is 1. The Morgan fingerprint density at radius 3 is 2.18 bits per heavy atom. The fourth-order valence-electron chi connectivity index (χ4n) is 2.02. The molecule has 0 saturated heterocycles. The van der Waals surface area contributed by atoms with Crippen LogP contribution in [0.4, 0.5) is 0 Å². The lowest BCUT2D eigenvalue weighted by atomic mass is 10.0. The van der Waals surface area contributed by atoms with Crippen molar-refractivity contribution < 1.29 is 0 Å². The molecule has 0 aliphatic carbocycles. The molecule has 0 aliphatic rings. The van der Waals surface area contributed by atoms with Gasteiger partial charge in [0.25, 0.3) is 0 Å². The molecular formula is C15H24N2. The highest BCUT2D eigenvalue weighted by atomic mass is 15.2. The third-order valence-electron chi connectivity index (χ3n) is 3.38. The predicted molar refractivity (Wildman–Crippen MR) is 74.6 cm³/mol. The van der Waals surface area contributed by atoms with Gasteiger partial charge in [0.15, 0.2) is 0 Å². The summed E-state index contributed by atoms with van der Waals surface area (Å²) in [5, 5.41) is 8.26. The van der Waals surface area contributed by atoms with E-state index in [9.17, 15) is 0 Å². The summed E-state index contributed by atoms with van der Waals surface area (Å²) in [5.41, 5.74) is 1.01. The molecule has 2 nitrogen and oxygen atoms in total. The van der Waals surface area contributed by atoms with Crippen molar-refractivity contribution in [2.45, 2.75) is 33.6 Å². The summed E-state index contributed by atoms with van der Waals surface area (Å²) < 4.78 is 0. The summed E-state index contributed by atoms with van der Waals surface area (Å²) in [4.78, 5) is 2.17. The molecule has 1 aromatic rings. The molecule has 0 atom stereocenters. The minimum atomic E-state index is 0.653. The van der Waals surface area contributed by atoms with E-state index in [1.807, 2.05) is 30.3 Å². The first-order valence-corrected chi connectivity index (χ1v) is 6.61. The molecule has 0 fully saturated rings. The Hall–Kier alpha value is -1.31. The van der Waals surface area contributed by atoms with Crippen LogP contribution in [0.5, 0.6) is 0 Å².